The highest BCUT2D eigenvalue weighted by molar-refractivity contribution is 5.90. The van der Waals surface area contributed by atoms with Gasteiger partial charge in [-0.25, -0.2) is 0 Å². The Morgan fingerprint density at radius 2 is 2.21 bits per heavy atom. The van der Waals surface area contributed by atoms with Gasteiger partial charge in [0, 0.05) is 20.0 Å². The summed E-state index contributed by atoms with van der Waals surface area (Å²) in [5.74, 6) is -0.927. The fraction of sp³-hybridized carbons (Fsp3) is 0.636. The van der Waals surface area contributed by atoms with Crippen LogP contribution in [0.3, 0.4) is 0 Å². The predicted octanol–water partition coefficient (Wildman–Crippen LogP) is -0.0310. The van der Waals surface area contributed by atoms with Crippen LogP contribution in [0.2, 0.25) is 0 Å². The van der Waals surface area contributed by atoms with E-state index in [0.29, 0.717) is 19.0 Å². The number of carboxylic acids is 1. The van der Waals surface area contributed by atoms with E-state index in [4.69, 9.17) is 9.52 Å². The first-order chi connectivity index (χ1) is 8.95. The van der Waals surface area contributed by atoms with Crippen LogP contribution in [-0.4, -0.2) is 51.7 Å². The molecule has 1 saturated heterocycles. The molecule has 0 bridgehead atoms. The standard InChI is InChI=1S/C11H16N4O4/c1-6(10(17)18)8-3-15(4-8)5-9(16)12-11-14-13-7(2)19-11/h6,8H,3-5H2,1-2H3,(H,17,18)(H,12,14,16). The third-order valence-corrected chi connectivity index (χ3v) is 3.22. The summed E-state index contributed by atoms with van der Waals surface area (Å²) in [5.41, 5.74) is 0. The van der Waals surface area contributed by atoms with Crippen LogP contribution in [-0.2, 0) is 9.59 Å². The SMILES string of the molecule is Cc1nnc(NC(=O)CN2CC(C(C)C(=O)O)C2)o1. The van der Waals surface area contributed by atoms with E-state index in [1.165, 1.54) is 0 Å². The third-order valence-electron chi connectivity index (χ3n) is 3.22. The molecule has 1 aromatic heterocycles. The van der Waals surface area contributed by atoms with Gasteiger partial charge in [-0.3, -0.25) is 19.8 Å². The van der Waals surface area contributed by atoms with Crippen molar-refractivity contribution in [2.75, 3.05) is 25.0 Å². The Kier molecular flexibility index (Phi) is 3.79. The number of carbonyl (C=O) groups excluding carboxylic acids is 1. The van der Waals surface area contributed by atoms with E-state index in [-0.39, 0.29) is 30.3 Å². The van der Waals surface area contributed by atoms with E-state index >= 15 is 0 Å². The number of likely N-dealkylation sites (tertiary alicyclic amines) is 1. The molecule has 2 rings (SSSR count). The summed E-state index contributed by atoms with van der Waals surface area (Å²) >= 11 is 0. The van der Waals surface area contributed by atoms with Crippen LogP contribution in [0, 0.1) is 18.8 Å². The molecular formula is C11H16N4O4. The topological polar surface area (TPSA) is 109 Å². The van der Waals surface area contributed by atoms with Crippen LogP contribution in [0.25, 0.3) is 0 Å². The van der Waals surface area contributed by atoms with Gasteiger partial charge in [0.2, 0.25) is 11.8 Å². The number of hydrogen-bond acceptors (Lipinski definition) is 6. The minimum atomic E-state index is -0.796. The molecule has 8 nitrogen and oxygen atoms in total. The third kappa shape index (κ3) is 3.28. The molecule has 19 heavy (non-hydrogen) atoms. The van der Waals surface area contributed by atoms with E-state index in [1.807, 2.05) is 4.90 Å². The maximum absolute atomic E-state index is 11.6. The number of amides is 1. The summed E-state index contributed by atoms with van der Waals surface area (Å²) in [4.78, 5) is 24.3. The zero-order valence-corrected chi connectivity index (χ0v) is 10.8. The number of rotatable bonds is 5. The second-order valence-corrected chi connectivity index (χ2v) is 4.76. The van der Waals surface area contributed by atoms with E-state index in [9.17, 15) is 9.59 Å². The molecule has 1 atom stereocenters. The van der Waals surface area contributed by atoms with Crippen molar-refractivity contribution in [3.8, 4) is 0 Å². The van der Waals surface area contributed by atoms with E-state index in [2.05, 4.69) is 15.5 Å². The predicted molar refractivity (Wildman–Crippen MR) is 64.4 cm³/mol. The molecule has 1 fully saturated rings. The van der Waals surface area contributed by atoms with Crippen molar-refractivity contribution < 1.29 is 19.1 Å². The average Bonchev–Trinajstić information content (AvgIpc) is 2.67. The molecule has 0 saturated carbocycles. The molecule has 0 aromatic carbocycles. The van der Waals surface area contributed by atoms with Crippen molar-refractivity contribution in [2.45, 2.75) is 13.8 Å². The number of aliphatic carboxylic acids is 1. The zero-order valence-electron chi connectivity index (χ0n) is 10.8. The lowest BCUT2D eigenvalue weighted by Gasteiger charge is -2.40. The summed E-state index contributed by atoms with van der Waals surface area (Å²) in [7, 11) is 0. The Morgan fingerprint density at radius 3 is 2.74 bits per heavy atom. The highest BCUT2D eigenvalue weighted by atomic mass is 16.4. The average molecular weight is 268 g/mol. The Bertz CT molecular complexity index is 481. The van der Waals surface area contributed by atoms with Gasteiger partial charge in [-0.15, -0.1) is 5.10 Å². The monoisotopic (exact) mass is 268 g/mol. The lowest BCUT2D eigenvalue weighted by atomic mass is 9.87. The first kappa shape index (κ1) is 13.5. The number of hydrogen-bond donors (Lipinski definition) is 2. The van der Waals surface area contributed by atoms with Crippen LogP contribution in [0.15, 0.2) is 4.42 Å². The molecule has 0 spiro atoms. The second kappa shape index (κ2) is 5.35. The van der Waals surface area contributed by atoms with E-state index < -0.39 is 5.97 Å². The lowest BCUT2D eigenvalue weighted by molar-refractivity contribution is -0.145. The number of carboxylic acid groups (broad SMARTS) is 1. The van der Waals surface area contributed by atoms with Crippen LogP contribution in [0.1, 0.15) is 12.8 Å². The maximum atomic E-state index is 11.6. The molecular weight excluding hydrogens is 252 g/mol. The van der Waals surface area contributed by atoms with Gasteiger partial charge in [-0.2, -0.15) is 0 Å². The molecule has 8 heteroatoms. The summed E-state index contributed by atoms with van der Waals surface area (Å²) in [6.45, 7) is 4.75. The van der Waals surface area contributed by atoms with Crippen LogP contribution < -0.4 is 5.32 Å². The zero-order chi connectivity index (χ0) is 14.0. The molecule has 1 unspecified atom stereocenters. The van der Waals surface area contributed by atoms with Crippen molar-refractivity contribution >= 4 is 17.9 Å². The summed E-state index contributed by atoms with van der Waals surface area (Å²) in [5, 5.41) is 18.6. The molecule has 2 N–H and O–H groups in total. The fourth-order valence-electron chi connectivity index (χ4n) is 1.97. The van der Waals surface area contributed by atoms with Gasteiger partial charge in [0.25, 0.3) is 0 Å². The van der Waals surface area contributed by atoms with Crippen molar-refractivity contribution in [1.29, 1.82) is 0 Å². The Labute approximate surface area is 109 Å². The van der Waals surface area contributed by atoms with Gasteiger partial charge in [-0.1, -0.05) is 12.0 Å². The highest BCUT2D eigenvalue weighted by Crippen LogP contribution is 2.23. The minimum Gasteiger partial charge on any atom is -0.481 e. The van der Waals surface area contributed by atoms with Crippen LogP contribution in [0.5, 0.6) is 0 Å². The molecule has 1 aliphatic rings. The maximum Gasteiger partial charge on any atom is 0.322 e. The smallest absolute Gasteiger partial charge is 0.322 e. The van der Waals surface area contributed by atoms with Crippen molar-refractivity contribution in [3.63, 3.8) is 0 Å². The Balaban J connectivity index is 1.72. The first-order valence-corrected chi connectivity index (χ1v) is 6.01. The number of carbonyl (C=O) groups is 2. The number of anilines is 1. The summed E-state index contributed by atoms with van der Waals surface area (Å²) in [6.07, 6.45) is 0. The number of nitrogens with zero attached hydrogens (tertiary/aromatic N) is 3. The number of aryl methyl sites for hydroxylation is 1. The van der Waals surface area contributed by atoms with Gasteiger partial charge >= 0.3 is 12.0 Å². The van der Waals surface area contributed by atoms with Gasteiger partial charge in [0.05, 0.1) is 12.5 Å². The van der Waals surface area contributed by atoms with E-state index in [1.54, 1.807) is 13.8 Å². The van der Waals surface area contributed by atoms with Crippen LogP contribution >= 0.6 is 0 Å². The quantitative estimate of drug-likeness (QED) is 0.771. The second-order valence-electron chi connectivity index (χ2n) is 4.76. The number of aromatic nitrogens is 2. The van der Waals surface area contributed by atoms with Gasteiger partial charge in [0.1, 0.15) is 0 Å². The molecule has 1 aromatic rings. The number of nitrogens with one attached hydrogen (secondary N) is 1. The molecule has 0 aliphatic carbocycles. The van der Waals surface area contributed by atoms with Crippen molar-refractivity contribution in [1.82, 2.24) is 15.1 Å². The van der Waals surface area contributed by atoms with E-state index in [0.717, 1.165) is 0 Å². The molecule has 104 valence electrons. The van der Waals surface area contributed by atoms with Gasteiger partial charge in [0.15, 0.2) is 0 Å². The van der Waals surface area contributed by atoms with Crippen LogP contribution in [0.4, 0.5) is 6.01 Å². The Morgan fingerprint density at radius 1 is 1.53 bits per heavy atom. The van der Waals surface area contributed by atoms with Gasteiger partial charge < -0.3 is 9.52 Å². The van der Waals surface area contributed by atoms with Crippen molar-refractivity contribution in [2.24, 2.45) is 11.8 Å². The summed E-state index contributed by atoms with van der Waals surface area (Å²) in [6, 6.07) is 0.0819. The van der Waals surface area contributed by atoms with Gasteiger partial charge in [-0.05, 0) is 5.92 Å². The van der Waals surface area contributed by atoms with Crippen molar-refractivity contribution in [3.05, 3.63) is 5.89 Å². The molecule has 1 aliphatic heterocycles. The normalized spacial score (nSPS) is 17.8. The molecule has 2 heterocycles. The highest BCUT2D eigenvalue weighted by Gasteiger charge is 2.35. The minimum absolute atomic E-state index is 0.0819. The largest absolute Gasteiger partial charge is 0.481 e. The molecule has 1 amide bonds. The lowest BCUT2D eigenvalue weighted by Crippen LogP contribution is -2.53. The summed E-state index contributed by atoms with van der Waals surface area (Å²) < 4.78 is 5.03. The first-order valence-electron chi connectivity index (χ1n) is 6.01. The Hall–Kier alpha value is -1.96. The molecule has 0 radical (unpaired) electrons. The fourth-order valence-corrected chi connectivity index (χ4v) is 1.97.